The minimum absolute atomic E-state index is 0.0626. The maximum absolute atomic E-state index is 13.3. The lowest BCUT2D eigenvalue weighted by atomic mass is 10.1. The molecule has 2 aromatic carbocycles. The molecular formula is C20H20BrFO3. The lowest BCUT2D eigenvalue weighted by Gasteiger charge is -2.11. The molecular weight excluding hydrogens is 387 g/mol. The molecule has 3 rings (SSSR count). The Morgan fingerprint density at radius 1 is 1.16 bits per heavy atom. The van der Waals surface area contributed by atoms with E-state index in [0.29, 0.717) is 19.0 Å². The molecule has 0 unspecified atom stereocenters. The largest absolute Gasteiger partial charge is 0.490 e. The predicted octanol–water partition coefficient (Wildman–Crippen LogP) is 6.33. The van der Waals surface area contributed by atoms with Crippen LogP contribution in [0.5, 0.6) is 5.75 Å². The molecule has 1 aromatic heterocycles. The molecule has 0 aliphatic rings. The Morgan fingerprint density at radius 2 is 1.88 bits per heavy atom. The Labute approximate surface area is 154 Å². The SMILES string of the molecule is CCOCc1c(-c2ccc(F)cc2)oc2cc(Br)c(OC(C)C)cc12. The zero-order valence-corrected chi connectivity index (χ0v) is 16.0. The van der Waals surface area contributed by atoms with E-state index >= 15 is 0 Å². The number of halogens is 2. The standard InChI is InChI=1S/C20H20BrFO3/c1-4-23-11-16-15-9-19(24-12(2)3)17(21)10-18(15)25-20(16)13-5-7-14(22)8-6-13/h5-10,12H,4,11H2,1-3H3. The Hall–Kier alpha value is -1.85. The van der Waals surface area contributed by atoms with Gasteiger partial charge in [-0.05, 0) is 73.1 Å². The van der Waals surface area contributed by atoms with Crippen LogP contribution in [0.1, 0.15) is 26.3 Å². The van der Waals surface area contributed by atoms with Crippen molar-refractivity contribution in [2.45, 2.75) is 33.5 Å². The number of benzene rings is 2. The van der Waals surface area contributed by atoms with Gasteiger partial charge in [0.25, 0.3) is 0 Å². The second-order valence-electron chi connectivity index (χ2n) is 6.00. The summed E-state index contributed by atoms with van der Waals surface area (Å²) in [6.07, 6.45) is 0.0626. The summed E-state index contributed by atoms with van der Waals surface area (Å²) >= 11 is 3.53. The summed E-state index contributed by atoms with van der Waals surface area (Å²) in [5.74, 6) is 1.17. The number of furan rings is 1. The average Bonchev–Trinajstić information content (AvgIpc) is 2.91. The van der Waals surface area contributed by atoms with Crippen LogP contribution in [-0.2, 0) is 11.3 Å². The van der Waals surface area contributed by atoms with Gasteiger partial charge in [0.05, 0.1) is 17.2 Å². The van der Waals surface area contributed by atoms with E-state index in [1.54, 1.807) is 12.1 Å². The summed E-state index contributed by atoms with van der Waals surface area (Å²) in [5.41, 5.74) is 2.48. The molecule has 0 aliphatic carbocycles. The first-order valence-corrected chi connectivity index (χ1v) is 9.04. The lowest BCUT2D eigenvalue weighted by Crippen LogP contribution is -2.05. The molecule has 3 nitrogen and oxygen atoms in total. The van der Waals surface area contributed by atoms with E-state index in [9.17, 15) is 4.39 Å². The van der Waals surface area contributed by atoms with Crippen molar-refractivity contribution < 1.29 is 18.3 Å². The highest BCUT2D eigenvalue weighted by atomic mass is 79.9. The fourth-order valence-corrected chi connectivity index (χ4v) is 3.09. The molecule has 0 radical (unpaired) electrons. The zero-order valence-electron chi connectivity index (χ0n) is 14.4. The Kier molecular flexibility index (Phi) is 5.45. The first kappa shape index (κ1) is 18.0. The van der Waals surface area contributed by atoms with Gasteiger partial charge in [0.15, 0.2) is 0 Å². The summed E-state index contributed by atoms with van der Waals surface area (Å²) in [4.78, 5) is 0. The van der Waals surface area contributed by atoms with Crippen molar-refractivity contribution in [3.05, 3.63) is 52.3 Å². The molecule has 0 bridgehead atoms. The molecule has 25 heavy (non-hydrogen) atoms. The summed E-state index contributed by atoms with van der Waals surface area (Å²) in [7, 11) is 0. The van der Waals surface area contributed by atoms with Crippen LogP contribution < -0.4 is 4.74 Å². The smallest absolute Gasteiger partial charge is 0.140 e. The van der Waals surface area contributed by atoms with Crippen LogP contribution in [0.3, 0.4) is 0 Å². The van der Waals surface area contributed by atoms with Crippen LogP contribution in [0.25, 0.3) is 22.3 Å². The fourth-order valence-electron chi connectivity index (χ4n) is 2.68. The lowest BCUT2D eigenvalue weighted by molar-refractivity contribution is 0.135. The van der Waals surface area contributed by atoms with Gasteiger partial charge in [0.2, 0.25) is 0 Å². The molecule has 5 heteroatoms. The van der Waals surface area contributed by atoms with Gasteiger partial charge in [0, 0.05) is 23.1 Å². The van der Waals surface area contributed by atoms with Crippen LogP contribution >= 0.6 is 15.9 Å². The molecule has 0 saturated carbocycles. The molecule has 0 spiro atoms. The maximum atomic E-state index is 13.3. The number of ether oxygens (including phenoxy) is 2. The second kappa shape index (κ2) is 7.58. The third-order valence-electron chi connectivity index (χ3n) is 3.76. The van der Waals surface area contributed by atoms with E-state index < -0.39 is 0 Å². The van der Waals surface area contributed by atoms with Crippen molar-refractivity contribution in [1.29, 1.82) is 0 Å². The van der Waals surface area contributed by atoms with Gasteiger partial charge in [0.1, 0.15) is 22.9 Å². The molecule has 0 N–H and O–H groups in total. The minimum atomic E-state index is -0.276. The molecule has 1 heterocycles. The summed E-state index contributed by atoms with van der Waals surface area (Å²) < 4.78 is 31.7. The van der Waals surface area contributed by atoms with Crippen LogP contribution in [0.2, 0.25) is 0 Å². The quantitative estimate of drug-likeness (QED) is 0.479. The van der Waals surface area contributed by atoms with E-state index in [1.165, 1.54) is 12.1 Å². The van der Waals surface area contributed by atoms with Crippen molar-refractivity contribution >= 4 is 26.9 Å². The van der Waals surface area contributed by atoms with Crippen molar-refractivity contribution in [3.63, 3.8) is 0 Å². The predicted molar refractivity (Wildman–Crippen MR) is 100 cm³/mol. The Bertz CT molecular complexity index is 869. The van der Waals surface area contributed by atoms with Crippen LogP contribution in [0.15, 0.2) is 45.3 Å². The normalized spacial score (nSPS) is 11.4. The van der Waals surface area contributed by atoms with Crippen molar-refractivity contribution in [3.8, 4) is 17.1 Å². The van der Waals surface area contributed by atoms with Crippen LogP contribution in [0.4, 0.5) is 4.39 Å². The highest BCUT2D eigenvalue weighted by Crippen LogP contribution is 2.39. The van der Waals surface area contributed by atoms with Crippen LogP contribution in [-0.4, -0.2) is 12.7 Å². The van der Waals surface area contributed by atoms with Crippen LogP contribution in [0, 0.1) is 5.82 Å². The van der Waals surface area contributed by atoms with E-state index in [2.05, 4.69) is 15.9 Å². The molecule has 0 fully saturated rings. The van der Waals surface area contributed by atoms with E-state index in [4.69, 9.17) is 13.9 Å². The number of fused-ring (bicyclic) bond motifs is 1. The van der Waals surface area contributed by atoms with Gasteiger partial charge >= 0.3 is 0 Å². The first-order valence-electron chi connectivity index (χ1n) is 8.24. The van der Waals surface area contributed by atoms with Gasteiger partial charge in [-0.2, -0.15) is 0 Å². The number of rotatable bonds is 6. The second-order valence-corrected chi connectivity index (χ2v) is 6.85. The van der Waals surface area contributed by atoms with Crippen molar-refractivity contribution in [1.82, 2.24) is 0 Å². The molecule has 0 amide bonds. The highest BCUT2D eigenvalue weighted by molar-refractivity contribution is 9.10. The topological polar surface area (TPSA) is 31.6 Å². The van der Waals surface area contributed by atoms with Gasteiger partial charge in [-0.3, -0.25) is 0 Å². The maximum Gasteiger partial charge on any atom is 0.140 e. The number of hydrogen-bond donors (Lipinski definition) is 0. The van der Waals surface area contributed by atoms with E-state index in [-0.39, 0.29) is 11.9 Å². The van der Waals surface area contributed by atoms with Gasteiger partial charge in [-0.15, -0.1) is 0 Å². The molecule has 0 aliphatic heterocycles. The first-order chi connectivity index (χ1) is 12.0. The number of hydrogen-bond acceptors (Lipinski definition) is 3. The molecule has 0 atom stereocenters. The molecule has 3 aromatic rings. The van der Waals surface area contributed by atoms with Gasteiger partial charge in [-0.25, -0.2) is 4.39 Å². The fraction of sp³-hybridized carbons (Fsp3) is 0.300. The Morgan fingerprint density at radius 3 is 2.52 bits per heavy atom. The third-order valence-corrected chi connectivity index (χ3v) is 4.38. The van der Waals surface area contributed by atoms with Gasteiger partial charge < -0.3 is 13.9 Å². The molecule has 0 saturated heterocycles. The molecule has 132 valence electrons. The average molecular weight is 407 g/mol. The van der Waals surface area contributed by atoms with Crippen molar-refractivity contribution in [2.24, 2.45) is 0 Å². The van der Waals surface area contributed by atoms with Gasteiger partial charge in [-0.1, -0.05) is 0 Å². The highest BCUT2D eigenvalue weighted by Gasteiger charge is 2.19. The van der Waals surface area contributed by atoms with E-state index in [0.717, 1.165) is 32.3 Å². The summed E-state index contributed by atoms with van der Waals surface area (Å²) in [6.45, 7) is 6.93. The van der Waals surface area contributed by atoms with Crippen molar-refractivity contribution in [2.75, 3.05) is 6.61 Å². The van der Waals surface area contributed by atoms with E-state index in [1.807, 2.05) is 32.9 Å². The minimum Gasteiger partial charge on any atom is -0.490 e. The summed E-state index contributed by atoms with van der Waals surface area (Å²) in [6, 6.07) is 10.1. The Balaban J connectivity index is 2.17. The monoisotopic (exact) mass is 406 g/mol. The third kappa shape index (κ3) is 3.88. The zero-order chi connectivity index (χ0) is 18.0. The summed E-state index contributed by atoms with van der Waals surface area (Å²) in [5, 5.41) is 0.937.